The summed E-state index contributed by atoms with van der Waals surface area (Å²) in [4.78, 5) is 24.2. The number of piperidine rings is 2. The lowest BCUT2D eigenvalue weighted by molar-refractivity contribution is 0.0815. The molecule has 1 aliphatic carbocycles. The van der Waals surface area contributed by atoms with Crippen molar-refractivity contribution in [3.05, 3.63) is 77.0 Å². The molecule has 58 heavy (non-hydrogen) atoms. The Balaban J connectivity index is 0.914. The maximum atomic E-state index is 17.0. The van der Waals surface area contributed by atoms with Crippen LogP contribution in [0.25, 0.3) is 32.9 Å². The Morgan fingerprint density at radius 1 is 0.914 bits per heavy atom. The monoisotopic (exact) mass is 785 g/mol. The molecule has 0 amide bonds. The van der Waals surface area contributed by atoms with Crippen LogP contribution in [0.3, 0.4) is 0 Å². The largest absolute Gasteiger partial charge is 0.508 e. The number of benzene rings is 3. The number of piperazine rings is 1. The molecular formula is C47H53F2N7O2. The molecule has 4 fully saturated rings. The standard InChI is InChI=1S/C47H53F2N7O2/c1-5-37-40(48)11-9-33-24-36(57)25-38(41(33)37)43-42(49)44-39(26-50-43)45(56-16-6-7-30(2)27-56)52-46(51-44)58-29-47(14-15-47)28-53-17-12-34(13-18-53)54-19-21-55(22-20-54)35-10-8-31(3)32(4)23-35/h1,8-11,23-26,30,34,57H,6-7,12-22,27-29H2,2-4H3. The number of fused-ring (bicyclic) bond motifs is 2. The third-order valence-corrected chi connectivity index (χ3v) is 13.3. The number of aryl methyl sites for hydroxylation is 2. The molecule has 9 rings (SSSR count). The van der Waals surface area contributed by atoms with E-state index in [0.717, 1.165) is 84.6 Å². The van der Waals surface area contributed by atoms with Crippen LogP contribution < -0.4 is 14.5 Å². The third kappa shape index (κ3) is 7.53. The number of aromatic nitrogens is 3. The number of ether oxygens (including phenoxy) is 1. The number of hydrogen-bond acceptors (Lipinski definition) is 9. The third-order valence-electron chi connectivity index (χ3n) is 13.3. The van der Waals surface area contributed by atoms with E-state index in [2.05, 4.69) is 69.5 Å². The minimum Gasteiger partial charge on any atom is -0.508 e. The van der Waals surface area contributed by atoms with Gasteiger partial charge in [0.25, 0.3) is 0 Å². The van der Waals surface area contributed by atoms with Crippen LogP contribution in [0.15, 0.2) is 48.7 Å². The van der Waals surface area contributed by atoms with Crippen LogP contribution in [0.4, 0.5) is 20.3 Å². The Hall–Kier alpha value is -5.05. The first-order valence-electron chi connectivity index (χ1n) is 21.0. The van der Waals surface area contributed by atoms with Crippen LogP contribution in [-0.2, 0) is 0 Å². The van der Waals surface area contributed by atoms with Crippen LogP contribution >= 0.6 is 0 Å². The van der Waals surface area contributed by atoms with E-state index in [9.17, 15) is 9.50 Å². The van der Waals surface area contributed by atoms with Gasteiger partial charge in [-0.3, -0.25) is 9.88 Å². The number of rotatable bonds is 9. The second kappa shape index (κ2) is 15.6. The number of phenolic OH excluding ortho intramolecular Hbond substituents is 1. The van der Waals surface area contributed by atoms with Crippen molar-refractivity contribution in [3.63, 3.8) is 0 Å². The van der Waals surface area contributed by atoms with Gasteiger partial charge >= 0.3 is 6.01 Å². The second-order valence-electron chi connectivity index (χ2n) is 17.5. The molecule has 9 nitrogen and oxygen atoms in total. The number of anilines is 2. The van der Waals surface area contributed by atoms with E-state index >= 15 is 4.39 Å². The molecule has 1 N–H and O–H groups in total. The van der Waals surface area contributed by atoms with E-state index in [4.69, 9.17) is 21.1 Å². The molecule has 5 aromatic rings. The van der Waals surface area contributed by atoms with Gasteiger partial charge in [-0.2, -0.15) is 9.97 Å². The van der Waals surface area contributed by atoms with Gasteiger partial charge in [0, 0.05) is 80.1 Å². The SMILES string of the molecule is C#Cc1c(F)ccc2cc(O)cc(-c3ncc4c(N5CCCC(C)C5)nc(OCC5(CN6CCC(N7CCN(c8ccc(C)c(C)c8)CC7)CC6)CC5)nc4c3F)c12. The summed E-state index contributed by atoms with van der Waals surface area (Å²) in [6.07, 6.45) is 13.9. The highest BCUT2D eigenvalue weighted by atomic mass is 19.1. The molecule has 1 saturated carbocycles. The number of nitrogens with zero attached hydrogens (tertiary/aromatic N) is 7. The molecule has 5 heterocycles. The van der Waals surface area contributed by atoms with E-state index < -0.39 is 11.6 Å². The zero-order valence-electron chi connectivity index (χ0n) is 33.9. The lowest BCUT2D eigenvalue weighted by Crippen LogP contribution is -2.53. The van der Waals surface area contributed by atoms with Crippen molar-refractivity contribution in [1.82, 2.24) is 24.8 Å². The Bertz CT molecular complexity index is 2400. The van der Waals surface area contributed by atoms with Crippen molar-refractivity contribution in [2.75, 3.05) is 75.3 Å². The smallest absolute Gasteiger partial charge is 0.319 e. The van der Waals surface area contributed by atoms with Crippen molar-refractivity contribution < 1.29 is 18.6 Å². The number of aromatic hydroxyl groups is 1. The Labute approximate surface area is 340 Å². The number of likely N-dealkylation sites (tertiary alicyclic amines) is 1. The molecule has 11 heteroatoms. The highest BCUT2D eigenvalue weighted by Gasteiger charge is 2.46. The zero-order chi connectivity index (χ0) is 40.1. The van der Waals surface area contributed by atoms with E-state index in [-0.39, 0.29) is 39.5 Å². The predicted molar refractivity (Wildman–Crippen MR) is 227 cm³/mol. The average Bonchev–Trinajstić information content (AvgIpc) is 4.00. The van der Waals surface area contributed by atoms with Crippen LogP contribution in [0.2, 0.25) is 0 Å². The molecule has 302 valence electrons. The summed E-state index contributed by atoms with van der Waals surface area (Å²) in [5.74, 6) is 2.04. The van der Waals surface area contributed by atoms with Crippen molar-refractivity contribution >= 4 is 33.2 Å². The van der Waals surface area contributed by atoms with E-state index in [1.165, 1.54) is 53.9 Å². The number of pyridine rings is 1. The first-order valence-corrected chi connectivity index (χ1v) is 21.0. The van der Waals surface area contributed by atoms with Crippen LogP contribution in [0.1, 0.15) is 62.1 Å². The van der Waals surface area contributed by atoms with Gasteiger partial charge in [-0.05, 0) is 118 Å². The molecule has 4 aliphatic rings. The molecule has 1 atom stereocenters. The average molecular weight is 786 g/mol. The molecule has 0 bridgehead atoms. The van der Waals surface area contributed by atoms with Gasteiger partial charge in [0.05, 0.1) is 17.6 Å². The summed E-state index contributed by atoms with van der Waals surface area (Å²) >= 11 is 0. The van der Waals surface area contributed by atoms with Crippen molar-refractivity contribution in [2.45, 2.75) is 65.3 Å². The van der Waals surface area contributed by atoms with Crippen molar-refractivity contribution in [1.29, 1.82) is 0 Å². The van der Waals surface area contributed by atoms with Crippen molar-refractivity contribution in [3.8, 4) is 35.4 Å². The molecule has 3 saturated heterocycles. The number of hydrogen-bond donors (Lipinski definition) is 1. The lowest BCUT2D eigenvalue weighted by Gasteiger charge is -2.44. The van der Waals surface area contributed by atoms with Crippen molar-refractivity contribution in [2.24, 2.45) is 11.3 Å². The van der Waals surface area contributed by atoms with E-state index in [0.29, 0.717) is 40.5 Å². The minimum atomic E-state index is -0.703. The summed E-state index contributed by atoms with van der Waals surface area (Å²) in [6, 6.07) is 13.2. The van der Waals surface area contributed by atoms with E-state index in [1.807, 2.05) is 0 Å². The van der Waals surface area contributed by atoms with Gasteiger partial charge in [-0.15, -0.1) is 6.42 Å². The Morgan fingerprint density at radius 3 is 2.43 bits per heavy atom. The van der Waals surface area contributed by atoms with Gasteiger partial charge < -0.3 is 24.5 Å². The zero-order valence-corrected chi connectivity index (χ0v) is 33.9. The second-order valence-corrected chi connectivity index (χ2v) is 17.5. The molecule has 1 unspecified atom stereocenters. The summed E-state index contributed by atoms with van der Waals surface area (Å²) in [6.45, 7) is 16.1. The minimum absolute atomic E-state index is 0.0148. The van der Waals surface area contributed by atoms with Crippen LogP contribution in [0, 0.1) is 49.2 Å². The summed E-state index contributed by atoms with van der Waals surface area (Å²) < 4.78 is 38.4. The van der Waals surface area contributed by atoms with Crippen LogP contribution in [-0.4, -0.2) is 101 Å². The van der Waals surface area contributed by atoms with Crippen LogP contribution in [0.5, 0.6) is 11.8 Å². The van der Waals surface area contributed by atoms with Gasteiger partial charge in [0.15, 0.2) is 5.82 Å². The topological polar surface area (TPSA) is 81.1 Å². The fourth-order valence-corrected chi connectivity index (χ4v) is 9.58. The fourth-order valence-electron chi connectivity index (χ4n) is 9.58. The van der Waals surface area contributed by atoms with E-state index in [1.54, 1.807) is 6.20 Å². The summed E-state index contributed by atoms with van der Waals surface area (Å²) in [5, 5.41) is 11.9. The van der Waals surface area contributed by atoms with Gasteiger partial charge in [-0.1, -0.05) is 25.0 Å². The fraction of sp³-hybridized carbons (Fsp3) is 0.468. The highest BCUT2D eigenvalue weighted by Crippen LogP contribution is 2.47. The maximum Gasteiger partial charge on any atom is 0.319 e. The number of halogens is 2. The molecule has 3 aromatic carbocycles. The molecular weight excluding hydrogens is 733 g/mol. The first kappa shape index (κ1) is 38.5. The quantitative estimate of drug-likeness (QED) is 0.149. The molecule has 0 radical (unpaired) electrons. The van der Waals surface area contributed by atoms with Gasteiger partial charge in [0.2, 0.25) is 0 Å². The van der Waals surface area contributed by atoms with Gasteiger partial charge in [0.1, 0.15) is 28.6 Å². The summed E-state index contributed by atoms with van der Waals surface area (Å²) in [7, 11) is 0. The predicted octanol–water partition coefficient (Wildman–Crippen LogP) is 8.11. The molecule has 0 spiro atoms. The number of terminal acetylenes is 1. The normalized spacial score (nSPS) is 20.4. The first-order chi connectivity index (χ1) is 28.1. The Morgan fingerprint density at radius 2 is 1.71 bits per heavy atom. The summed E-state index contributed by atoms with van der Waals surface area (Å²) in [5.41, 5.74) is 4.21. The molecule has 3 aliphatic heterocycles. The lowest BCUT2D eigenvalue weighted by atomic mass is 9.95. The van der Waals surface area contributed by atoms with Gasteiger partial charge in [-0.25, -0.2) is 8.78 Å². The number of phenols is 1. The molecule has 2 aromatic heterocycles. The Kier molecular flexibility index (Phi) is 10.4. The highest BCUT2D eigenvalue weighted by molar-refractivity contribution is 6.03. The maximum absolute atomic E-state index is 17.0.